The van der Waals surface area contributed by atoms with E-state index in [2.05, 4.69) is 32.1 Å². The molecule has 0 aliphatic rings. The standard InChI is InChI=1S/C22H24BrN3O5S/c1-15-7-8-18(17(23)13-15)31-14-20(28)25-26-22(32)24-19(27)9-10-21(29)30-12-11-16-5-3-2-4-6-16/h2-8,13H,9-12,14H2,1H3,(H,25,28)(H2,24,26,27,32). The van der Waals surface area contributed by atoms with Gasteiger partial charge in [-0.2, -0.15) is 0 Å². The highest BCUT2D eigenvalue weighted by molar-refractivity contribution is 9.10. The molecule has 2 aromatic rings. The highest BCUT2D eigenvalue weighted by Gasteiger charge is 2.11. The maximum Gasteiger partial charge on any atom is 0.306 e. The SMILES string of the molecule is Cc1ccc(OCC(=O)NNC(=S)NC(=O)CCC(=O)OCCc2ccccc2)c(Br)c1. The van der Waals surface area contributed by atoms with Crippen molar-refractivity contribution in [3.63, 3.8) is 0 Å². The molecule has 170 valence electrons. The minimum atomic E-state index is -0.490. The number of ether oxygens (including phenoxy) is 2. The van der Waals surface area contributed by atoms with Crippen molar-refractivity contribution in [3.05, 3.63) is 64.1 Å². The van der Waals surface area contributed by atoms with Crippen LogP contribution in [0.1, 0.15) is 24.0 Å². The quantitative estimate of drug-likeness (QED) is 0.264. The van der Waals surface area contributed by atoms with Crippen molar-refractivity contribution in [3.8, 4) is 5.75 Å². The van der Waals surface area contributed by atoms with Gasteiger partial charge in [-0.15, -0.1) is 0 Å². The van der Waals surface area contributed by atoms with Gasteiger partial charge in [0, 0.05) is 12.8 Å². The number of halogens is 1. The zero-order valence-corrected chi connectivity index (χ0v) is 19.9. The molecule has 2 rings (SSSR count). The number of benzene rings is 2. The van der Waals surface area contributed by atoms with Crippen molar-refractivity contribution in [2.75, 3.05) is 13.2 Å². The first-order valence-corrected chi connectivity index (χ1v) is 11.0. The summed E-state index contributed by atoms with van der Waals surface area (Å²) >= 11 is 8.31. The van der Waals surface area contributed by atoms with Crippen molar-refractivity contribution in [1.29, 1.82) is 0 Å². The van der Waals surface area contributed by atoms with Crippen LogP contribution >= 0.6 is 28.1 Å². The van der Waals surface area contributed by atoms with Crippen LogP contribution in [0.5, 0.6) is 5.75 Å². The van der Waals surface area contributed by atoms with E-state index in [0.717, 1.165) is 15.6 Å². The van der Waals surface area contributed by atoms with Gasteiger partial charge in [-0.1, -0.05) is 36.4 Å². The zero-order chi connectivity index (χ0) is 23.3. The topological polar surface area (TPSA) is 106 Å². The summed E-state index contributed by atoms with van der Waals surface area (Å²) in [5.74, 6) is -0.910. The van der Waals surface area contributed by atoms with E-state index in [-0.39, 0.29) is 31.2 Å². The predicted octanol–water partition coefficient (Wildman–Crippen LogP) is 2.72. The Morgan fingerprint density at radius 2 is 1.75 bits per heavy atom. The Kier molecular flexibility index (Phi) is 10.6. The second kappa shape index (κ2) is 13.4. The van der Waals surface area contributed by atoms with Gasteiger partial charge in [0.05, 0.1) is 17.5 Å². The molecule has 0 aliphatic carbocycles. The first-order valence-electron chi connectivity index (χ1n) is 9.80. The summed E-state index contributed by atoms with van der Waals surface area (Å²) in [4.78, 5) is 35.5. The molecule has 0 spiro atoms. The van der Waals surface area contributed by atoms with Crippen LogP contribution in [0.15, 0.2) is 53.0 Å². The lowest BCUT2D eigenvalue weighted by Crippen LogP contribution is -2.49. The third-order valence-electron chi connectivity index (χ3n) is 4.07. The predicted molar refractivity (Wildman–Crippen MR) is 127 cm³/mol. The Morgan fingerprint density at radius 1 is 1.00 bits per heavy atom. The third kappa shape index (κ3) is 9.88. The van der Waals surface area contributed by atoms with Gasteiger partial charge in [-0.3, -0.25) is 25.2 Å². The number of hydrazine groups is 1. The molecular weight excluding hydrogens is 498 g/mol. The molecule has 0 saturated heterocycles. The second-order valence-corrected chi connectivity index (χ2v) is 7.99. The number of carbonyl (C=O) groups excluding carboxylic acids is 3. The van der Waals surface area contributed by atoms with E-state index in [9.17, 15) is 14.4 Å². The first kappa shape index (κ1) is 25.3. The summed E-state index contributed by atoms with van der Waals surface area (Å²) in [5.41, 5.74) is 6.84. The summed E-state index contributed by atoms with van der Waals surface area (Å²) in [6, 6.07) is 15.1. The van der Waals surface area contributed by atoms with E-state index in [1.54, 1.807) is 6.07 Å². The average Bonchev–Trinajstić information content (AvgIpc) is 2.76. The highest BCUT2D eigenvalue weighted by Crippen LogP contribution is 2.25. The lowest BCUT2D eigenvalue weighted by atomic mass is 10.2. The summed E-state index contributed by atoms with van der Waals surface area (Å²) in [6.07, 6.45) is 0.441. The largest absolute Gasteiger partial charge is 0.483 e. The van der Waals surface area contributed by atoms with Crippen LogP contribution in [0.4, 0.5) is 0 Å². The molecule has 0 aliphatic heterocycles. The van der Waals surface area contributed by atoms with Gasteiger partial charge >= 0.3 is 5.97 Å². The number of nitrogens with one attached hydrogen (secondary N) is 3. The molecule has 0 heterocycles. The van der Waals surface area contributed by atoms with Crippen molar-refractivity contribution >= 4 is 51.0 Å². The van der Waals surface area contributed by atoms with Gasteiger partial charge in [0.15, 0.2) is 11.7 Å². The van der Waals surface area contributed by atoms with E-state index < -0.39 is 17.8 Å². The summed E-state index contributed by atoms with van der Waals surface area (Å²) in [5, 5.41) is 2.27. The Balaban J connectivity index is 1.57. The number of rotatable bonds is 9. The maximum atomic E-state index is 11.9. The molecule has 0 unspecified atom stereocenters. The van der Waals surface area contributed by atoms with Crippen LogP contribution in [0, 0.1) is 6.92 Å². The van der Waals surface area contributed by atoms with Gasteiger partial charge in [0.1, 0.15) is 5.75 Å². The summed E-state index contributed by atoms with van der Waals surface area (Å²) < 4.78 is 11.3. The van der Waals surface area contributed by atoms with Crippen molar-refractivity contribution < 1.29 is 23.9 Å². The Bertz CT molecular complexity index is 956. The number of thiocarbonyl (C=S) groups is 1. The van der Waals surface area contributed by atoms with Gasteiger partial charge in [0.25, 0.3) is 5.91 Å². The molecule has 3 N–H and O–H groups in total. The fraction of sp³-hybridized carbons (Fsp3) is 0.273. The molecule has 0 atom stereocenters. The minimum Gasteiger partial charge on any atom is -0.483 e. The van der Waals surface area contributed by atoms with Crippen LogP contribution in [-0.2, 0) is 25.5 Å². The van der Waals surface area contributed by atoms with Crippen LogP contribution in [0.2, 0.25) is 0 Å². The number of carbonyl (C=O) groups is 3. The van der Waals surface area contributed by atoms with Crippen LogP contribution in [-0.4, -0.2) is 36.1 Å². The zero-order valence-electron chi connectivity index (χ0n) is 17.5. The lowest BCUT2D eigenvalue weighted by Gasteiger charge is -2.12. The highest BCUT2D eigenvalue weighted by atomic mass is 79.9. The molecular formula is C22H24BrN3O5S. The molecule has 10 heteroatoms. The molecule has 0 aromatic heterocycles. The molecule has 0 radical (unpaired) electrons. The second-order valence-electron chi connectivity index (χ2n) is 6.73. The van der Waals surface area contributed by atoms with Crippen molar-refractivity contribution in [2.24, 2.45) is 0 Å². The van der Waals surface area contributed by atoms with Crippen molar-refractivity contribution in [2.45, 2.75) is 26.2 Å². The van der Waals surface area contributed by atoms with Crippen LogP contribution in [0.25, 0.3) is 0 Å². The first-order chi connectivity index (χ1) is 15.3. The Morgan fingerprint density at radius 3 is 2.47 bits per heavy atom. The molecule has 8 nitrogen and oxygen atoms in total. The van der Waals surface area contributed by atoms with Crippen molar-refractivity contribution in [1.82, 2.24) is 16.2 Å². The third-order valence-corrected chi connectivity index (χ3v) is 4.89. The van der Waals surface area contributed by atoms with Gasteiger partial charge in [0.2, 0.25) is 5.91 Å². The fourth-order valence-electron chi connectivity index (χ4n) is 2.46. The van der Waals surface area contributed by atoms with Gasteiger partial charge in [-0.25, -0.2) is 0 Å². The maximum absolute atomic E-state index is 11.9. The smallest absolute Gasteiger partial charge is 0.306 e. The Hall–Kier alpha value is -2.98. The number of aryl methyl sites for hydroxylation is 1. The van der Waals surface area contributed by atoms with Gasteiger partial charge in [-0.05, 0) is 58.3 Å². The number of esters is 1. The lowest BCUT2D eigenvalue weighted by molar-refractivity contribution is -0.144. The van der Waals surface area contributed by atoms with E-state index in [4.69, 9.17) is 21.7 Å². The summed E-state index contributed by atoms with van der Waals surface area (Å²) in [7, 11) is 0. The number of amides is 2. The van der Waals surface area contributed by atoms with Crippen LogP contribution < -0.4 is 20.9 Å². The van der Waals surface area contributed by atoms with E-state index in [1.807, 2.05) is 49.4 Å². The van der Waals surface area contributed by atoms with E-state index in [0.29, 0.717) is 12.2 Å². The molecule has 0 fully saturated rings. The molecule has 2 aromatic carbocycles. The monoisotopic (exact) mass is 521 g/mol. The molecule has 32 heavy (non-hydrogen) atoms. The van der Waals surface area contributed by atoms with Gasteiger partial charge < -0.3 is 14.8 Å². The normalized spacial score (nSPS) is 10.1. The average molecular weight is 522 g/mol. The van der Waals surface area contributed by atoms with E-state index >= 15 is 0 Å². The Labute approximate surface area is 200 Å². The molecule has 0 saturated carbocycles. The number of hydrogen-bond donors (Lipinski definition) is 3. The molecule has 2 amide bonds. The minimum absolute atomic E-state index is 0.0745. The number of hydrogen-bond acceptors (Lipinski definition) is 6. The van der Waals surface area contributed by atoms with E-state index in [1.165, 1.54) is 0 Å². The summed E-state index contributed by atoms with van der Waals surface area (Å²) in [6.45, 7) is 1.94. The van der Waals surface area contributed by atoms with Crippen LogP contribution in [0.3, 0.4) is 0 Å². The fourth-order valence-corrected chi connectivity index (χ4v) is 3.24. The molecule has 0 bridgehead atoms.